The second kappa shape index (κ2) is 7.07. The van der Waals surface area contributed by atoms with Crippen molar-refractivity contribution in [2.24, 2.45) is 0 Å². The molecule has 0 spiro atoms. The molecular formula is C13H19NO. The van der Waals surface area contributed by atoms with Gasteiger partial charge >= 0.3 is 0 Å². The lowest BCUT2D eigenvalue weighted by molar-refractivity contribution is 0.415. The van der Waals surface area contributed by atoms with Crippen molar-refractivity contribution < 1.29 is 4.74 Å². The van der Waals surface area contributed by atoms with Crippen LogP contribution in [0.25, 0.3) is 6.08 Å². The van der Waals surface area contributed by atoms with Gasteiger partial charge in [0.15, 0.2) is 0 Å². The lowest BCUT2D eigenvalue weighted by Gasteiger charge is -1.99. The maximum Gasteiger partial charge on any atom is 0.118 e. The third-order valence-electron chi connectivity index (χ3n) is 2.16. The van der Waals surface area contributed by atoms with Crippen molar-refractivity contribution in [3.05, 3.63) is 35.9 Å². The minimum Gasteiger partial charge on any atom is -0.497 e. The molecule has 0 fully saturated rings. The summed E-state index contributed by atoms with van der Waals surface area (Å²) in [4.78, 5) is 0. The molecule has 0 atom stereocenters. The summed E-state index contributed by atoms with van der Waals surface area (Å²) in [7, 11) is 1.68. The van der Waals surface area contributed by atoms with E-state index in [9.17, 15) is 0 Å². The van der Waals surface area contributed by atoms with Crippen LogP contribution < -0.4 is 10.1 Å². The van der Waals surface area contributed by atoms with Gasteiger partial charge in [0.1, 0.15) is 5.75 Å². The van der Waals surface area contributed by atoms with Gasteiger partial charge in [0.25, 0.3) is 0 Å². The van der Waals surface area contributed by atoms with Gasteiger partial charge in [0.05, 0.1) is 7.11 Å². The van der Waals surface area contributed by atoms with Crippen molar-refractivity contribution in [1.29, 1.82) is 0 Å². The van der Waals surface area contributed by atoms with Crippen LogP contribution in [0.4, 0.5) is 0 Å². The quantitative estimate of drug-likeness (QED) is 0.721. The van der Waals surface area contributed by atoms with Crippen LogP contribution in [0, 0.1) is 0 Å². The molecular weight excluding hydrogens is 186 g/mol. The first-order chi connectivity index (χ1) is 7.36. The number of hydrogen-bond donors (Lipinski definition) is 1. The predicted molar refractivity (Wildman–Crippen MR) is 65.2 cm³/mol. The van der Waals surface area contributed by atoms with E-state index < -0.39 is 0 Å². The fourth-order valence-electron chi connectivity index (χ4n) is 1.30. The molecule has 0 saturated heterocycles. The molecule has 0 saturated carbocycles. The topological polar surface area (TPSA) is 21.3 Å². The normalized spacial score (nSPS) is 10.8. The molecule has 0 aromatic heterocycles. The first kappa shape index (κ1) is 11.8. The zero-order valence-corrected chi connectivity index (χ0v) is 9.49. The molecule has 82 valence electrons. The Hall–Kier alpha value is -1.28. The molecule has 0 amide bonds. The Morgan fingerprint density at radius 1 is 1.27 bits per heavy atom. The van der Waals surface area contributed by atoms with E-state index in [4.69, 9.17) is 4.74 Å². The Morgan fingerprint density at radius 2 is 2.00 bits per heavy atom. The summed E-state index contributed by atoms with van der Waals surface area (Å²) in [6.45, 7) is 4.20. The molecule has 0 bridgehead atoms. The van der Waals surface area contributed by atoms with E-state index in [1.807, 2.05) is 12.1 Å². The third kappa shape index (κ3) is 4.66. The zero-order valence-electron chi connectivity index (χ0n) is 9.49. The highest BCUT2D eigenvalue weighted by Gasteiger charge is 1.89. The van der Waals surface area contributed by atoms with E-state index >= 15 is 0 Å². The van der Waals surface area contributed by atoms with Gasteiger partial charge in [-0.1, -0.05) is 31.2 Å². The van der Waals surface area contributed by atoms with Crippen LogP contribution in [0.2, 0.25) is 0 Å². The van der Waals surface area contributed by atoms with Crippen molar-refractivity contribution in [3.8, 4) is 5.75 Å². The van der Waals surface area contributed by atoms with Crippen LogP contribution in [0.1, 0.15) is 18.9 Å². The molecule has 2 heteroatoms. The Kier molecular flexibility index (Phi) is 5.56. The molecule has 1 aromatic carbocycles. The van der Waals surface area contributed by atoms with E-state index in [-0.39, 0.29) is 0 Å². The second-order valence-corrected chi connectivity index (χ2v) is 3.32. The van der Waals surface area contributed by atoms with Crippen LogP contribution in [0.3, 0.4) is 0 Å². The minimum absolute atomic E-state index is 0.903. The SMILES string of the molecule is CCNCCC=Cc1ccc(OC)cc1. The molecule has 0 heterocycles. The molecule has 0 aliphatic carbocycles. The van der Waals surface area contributed by atoms with Gasteiger partial charge < -0.3 is 10.1 Å². The summed E-state index contributed by atoms with van der Waals surface area (Å²) < 4.78 is 5.09. The van der Waals surface area contributed by atoms with Crippen LogP contribution in [0.5, 0.6) is 5.75 Å². The molecule has 1 aromatic rings. The Labute approximate surface area is 92.0 Å². The van der Waals surface area contributed by atoms with E-state index in [1.165, 1.54) is 5.56 Å². The standard InChI is InChI=1S/C13H19NO/c1-3-14-11-5-4-6-12-7-9-13(15-2)10-8-12/h4,6-10,14H,3,5,11H2,1-2H3. The summed E-state index contributed by atoms with van der Waals surface area (Å²) in [5, 5.41) is 3.28. The lowest BCUT2D eigenvalue weighted by Crippen LogP contribution is -2.12. The average Bonchev–Trinajstić information content (AvgIpc) is 2.30. The highest BCUT2D eigenvalue weighted by molar-refractivity contribution is 5.50. The van der Waals surface area contributed by atoms with Gasteiger partial charge in [-0.05, 0) is 37.2 Å². The van der Waals surface area contributed by atoms with E-state index in [0.717, 1.165) is 25.3 Å². The number of benzene rings is 1. The van der Waals surface area contributed by atoms with Crippen molar-refractivity contribution in [1.82, 2.24) is 5.32 Å². The minimum atomic E-state index is 0.903. The monoisotopic (exact) mass is 205 g/mol. The number of rotatable bonds is 6. The summed E-state index contributed by atoms with van der Waals surface area (Å²) in [6, 6.07) is 8.07. The molecule has 0 aliphatic rings. The first-order valence-electron chi connectivity index (χ1n) is 5.38. The fourth-order valence-corrected chi connectivity index (χ4v) is 1.30. The van der Waals surface area contributed by atoms with E-state index in [2.05, 4.69) is 36.5 Å². The number of hydrogen-bond acceptors (Lipinski definition) is 2. The maximum absolute atomic E-state index is 5.09. The van der Waals surface area contributed by atoms with Gasteiger partial charge in [-0.3, -0.25) is 0 Å². The largest absolute Gasteiger partial charge is 0.497 e. The number of nitrogens with one attached hydrogen (secondary N) is 1. The Morgan fingerprint density at radius 3 is 2.60 bits per heavy atom. The highest BCUT2D eigenvalue weighted by Crippen LogP contribution is 2.12. The summed E-state index contributed by atoms with van der Waals surface area (Å²) in [5.41, 5.74) is 1.22. The van der Waals surface area contributed by atoms with Gasteiger partial charge in [-0.2, -0.15) is 0 Å². The van der Waals surface area contributed by atoms with Crippen LogP contribution in [-0.4, -0.2) is 20.2 Å². The average molecular weight is 205 g/mol. The van der Waals surface area contributed by atoms with Gasteiger partial charge in [0, 0.05) is 0 Å². The van der Waals surface area contributed by atoms with Crippen LogP contribution in [0.15, 0.2) is 30.3 Å². The summed E-state index contributed by atoms with van der Waals surface area (Å²) in [5.74, 6) is 0.903. The smallest absolute Gasteiger partial charge is 0.118 e. The molecule has 0 aliphatic heterocycles. The summed E-state index contributed by atoms with van der Waals surface area (Å²) in [6.07, 6.45) is 5.39. The van der Waals surface area contributed by atoms with Crippen molar-refractivity contribution in [2.45, 2.75) is 13.3 Å². The number of methoxy groups -OCH3 is 1. The van der Waals surface area contributed by atoms with Gasteiger partial charge in [-0.15, -0.1) is 0 Å². The zero-order chi connectivity index (χ0) is 10.9. The van der Waals surface area contributed by atoms with Gasteiger partial charge in [0.2, 0.25) is 0 Å². The van der Waals surface area contributed by atoms with Crippen LogP contribution >= 0.6 is 0 Å². The molecule has 0 unspecified atom stereocenters. The predicted octanol–water partition coefficient (Wildman–Crippen LogP) is 2.71. The fraction of sp³-hybridized carbons (Fsp3) is 0.385. The third-order valence-corrected chi connectivity index (χ3v) is 2.16. The molecule has 2 nitrogen and oxygen atoms in total. The molecule has 1 rings (SSSR count). The Balaban J connectivity index is 2.36. The van der Waals surface area contributed by atoms with Gasteiger partial charge in [-0.25, -0.2) is 0 Å². The highest BCUT2D eigenvalue weighted by atomic mass is 16.5. The van der Waals surface area contributed by atoms with Crippen molar-refractivity contribution in [3.63, 3.8) is 0 Å². The lowest BCUT2D eigenvalue weighted by atomic mass is 10.2. The van der Waals surface area contributed by atoms with Crippen molar-refractivity contribution >= 4 is 6.08 Å². The summed E-state index contributed by atoms with van der Waals surface area (Å²) >= 11 is 0. The maximum atomic E-state index is 5.09. The molecule has 0 radical (unpaired) electrons. The van der Waals surface area contributed by atoms with Crippen molar-refractivity contribution in [2.75, 3.05) is 20.2 Å². The first-order valence-corrected chi connectivity index (χ1v) is 5.38. The Bertz CT molecular complexity index is 290. The molecule has 1 N–H and O–H groups in total. The van der Waals surface area contributed by atoms with E-state index in [0.29, 0.717) is 0 Å². The molecule has 15 heavy (non-hydrogen) atoms. The van der Waals surface area contributed by atoms with E-state index in [1.54, 1.807) is 7.11 Å². The second-order valence-electron chi connectivity index (χ2n) is 3.32. The van der Waals surface area contributed by atoms with Crippen LogP contribution in [-0.2, 0) is 0 Å². The number of ether oxygens (including phenoxy) is 1.